The average molecular weight is 233 g/mol. The first-order valence-corrected chi connectivity index (χ1v) is 6.65. The van der Waals surface area contributed by atoms with Gasteiger partial charge in [0.2, 0.25) is 0 Å². The quantitative estimate of drug-likeness (QED) is 0.862. The van der Waals surface area contributed by atoms with E-state index in [1.165, 1.54) is 31.2 Å². The van der Waals surface area contributed by atoms with Gasteiger partial charge in [-0.25, -0.2) is 0 Å². The lowest BCUT2D eigenvalue weighted by molar-refractivity contribution is 0.249. The Kier molecular flexibility index (Phi) is 4.06. The molecule has 0 spiro atoms. The van der Waals surface area contributed by atoms with Crippen molar-refractivity contribution in [1.29, 1.82) is 0 Å². The molecule has 0 amide bonds. The first-order chi connectivity index (χ1) is 8.16. The maximum absolute atomic E-state index is 5.99. The van der Waals surface area contributed by atoms with Gasteiger partial charge in [-0.2, -0.15) is 0 Å². The SMILES string of the molecule is Cc1ccc(OCC2CCCC2)c([C@@H](C)N)c1. The first-order valence-electron chi connectivity index (χ1n) is 6.65. The van der Waals surface area contributed by atoms with Crippen LogP contribution in [0.15, 0.2) is 18.2 Å². The zero-order valence-electron chi connectivity index (χ0n) is 10.9. The molecule has 1 saturated carbocycles. The Morgan fingerprint density at radius 2 is 2.06 bits per heavy atom. The molecule has 0 saturated heterocycles. The summed E-state index contributed by atoms with van der Waals surface area (Å²) in [7, 11) is 0. The number of hydrogen-bond donors (Lipinski definition) is 1. The third-order valence-electron chi connectivity index (χ3n) is 3.61. The van der Waals surface area contributed by atoms with Gasteiger partial charge in [0.1, 0.15) is 5.75 Å². The predicted molar refractivity (Wildman–Crippen MR) is 71.2 cm³/mol. The summed E-state index contributed by atoms with van der Waals surface area (Å²) in [5.74, 6) is 1.72. The molecule has 0 aromatic heterocycles. The van der Waals surface area contributed by atoms with E-state index >= 15 is 0 Å². The average Bonchev–Trinajstić information content (AvgIpc) is 2.80. The van der Waals surface area contributed by atoms with Crippen LogP contribution in [0.2, 0.25) is 0 Å². The van der Waals surface area contributed by atoms with Crippen molar-refractivity contribution in [2.24, 2.45) is 11.7 Å². The third-order valence-corrected chi connectivity index (χ3v) is 3.61. The Morgan fingerprint density at radius 3 is 2.71 bits per heavy atom. The second-order valence-electron chi connectivity index (χ2n) is 5.29. The van der Waals surface area contributed by atoms with Crippen LogP contribution in [0.4, 0.5) is 0 Å². The Balaban J connectivity index is 2.03. The monoisotopic (exact) mass is 233 g/mol. The van der Waals surface area contributed by atoms with Gasteiger partial charge >= 0.3 is 0 Å². The second-order valence-corrected chi connectivity index (χ2v) is 5.29. The Hall–Kier alpha value is -1.02. The molecule has 1 aromatic rings. The third kappa shape index (κ3) is 3.22. The van der Waals surface area contributed by atoms with Crippen molar-refractivity contribution >= 4 is 0 Å². The minimum Gasteiger partial charge on any atom is -0.493 e. The van der Waals surface area contributed by atoms with Gasteiger partial charge in [0, 0.05) is 11.6 Å². The minimum atomic E-state index is 0.0356. The molecular formula is C15H23NO. The number of aryl methyl sites for hydroxylation is 1. The fourth-order valence-corrected chi connectivity index (χ4v) is 2.54. The largest absolute Gasteiger partial charge is 0.493 e. The van der Waals surface area contributed by atoms with Crippen LogP contribution >= 0.6 is 0 Å². The minimum absolute atomic E-state index is 0.0356. The molecule has 2 rings (SSSR count). The molecule has 17 heavy (non-hydrogen) atoms. The van der Waals surface area contributed by atoms with E-state index in [0.29, 0.717) is 0 Å². The Labute approximate surface area is 104 Å². The van der Waals surface area contributed by atoms with Crippen LogP contribution in [-0.2, 0) is 0 Å². The van der Waals surface area contributed by atoms with Gasteiger partial charge in [-0.3, -0.25) is 0 Å². The topological polar surface area (TPSA) is 35.2 Å². The van der Waals surface area contributed by atoms with Crippen molar-refractivity contribution in [3.63, 3.8) is 0 Å². The van der Waals surface area contributed by atoms with Crippen molar-refractivity contribution in [2.45, 2.75) is 45.6 Å². The van der Waals surface area contributed by atoms with Crippen LogP contribution in [0, 0.1) is 12.8 Å². The highest BCUT2D eigenvalue weighted by atomic mass is 16.5. The molecule has 1 aliphatic carbocycles. The molecule has 1 aromatic carbocycles. The summed E-state index contributed by atoms with van der Waals surface area (Å²) in [6, 6.07) is 6.32. The fraction of sp³-hybridized carbons (Fsp3) is 0.600. The first kappa shape index (κ1) is 12.4. The summed E-state index contributed by atoms with van der Waals surface area (Å²) in [6.45, 7) is 4.95. The van der Waals surface area contributed by atoms with Crippen LogP contribution in [-0.4, -0.2) is 6.61 Å². The molecule has 1 aliphatic rings. The molecule has 2 heteroatoms. The van der Waals surface area contributed by atoms with Crippen molar-refractivity contribution in [3.05, 3.63) is 29.3 Å². The molecule has 0 unspecified atom stereocenters. The fourth-order valence-electron chi connectivity index (χ4n) is 2.54. The molecule has 1 fully saturated rings. The molecule has 1 atom stereocenters. The number of ether oxygens (including phenoxy) is 1. The normalized spacial score (nSPS) is 18.3. The van der Waals surface area contributed by atoms with Crippen LogP contribution in [0.1, 0.15) is 49.8 Å². The molecule has 0 bridgehead atoms. The van der Waals surface area contributed by atoms with Crippen molar-refractivity contribution in [1.82, 2.24) is 0 Å². The lowest BCUT2D eigenvalue weighted by Crippen LogP contribution is -2.12. The summed E-state index contributed by atoms with van der Waals surface area (Å²) in [4.78, 5) is 0. The van der Waals surface area contributed by atoms with E-state index < -0.39 is 0 Å². The Morgan fingerprint density at radius 1 is 1.35 bits per heavy atom. The number of rotatable bonds is 4. The van der Waals surface area contributed by atoms with Gasteiger partial charge in [0.25, 0.3) is 0 Å². The molecule has 0 aliphatic heterocycles. The molecule has 0 radical (unpaired) electrons. The van der Waals surface area contributed by atoms with E-state index in [-0.39, 0.29) is 6.04 Å². The van der Waals surface area contributed by atoms with Crippen LogP contribution in [0.5, 0.6) is 5.75 Å². The highest BCUT2D eigenvalue weighted by molar-refractivity contribution is 5.38. The highest BCUT2D eigenvalue weighted by Gasteiger charge is 2.16. The summed E-state index contributed by atoms with van der Waals surface area (Å²) in [5.41, 5.74) is 8.36. The van der Waals surface area contributed by atoms with Gasteiger partial charge in [0.15, 0.2) is 0 Å². The zero-order valence-corrected chi connectivity index (χ0v) is 10.9. The predicted octanol–water partition coefficient (Wildman–Crippen LogP) is 3.58. The van der Waals surface area contributed by atoms with Crippen molar-refractivity contribution in [2.75, 3.05) is 6.61 Å². The molecule has 2 N–H and O–H groups in total. The van der Waals surface area contributed by atoms with Crippen LogP contribution in [0.25, 0.3) is 0 Å². The zero-order chi connectivity index (χ0) is 12.3. The standard InChI is InChI=1S/C15H23NO/c1-11-7-8-15(14(9-11)12(2)16)17-10-13-5-3-4-6-13/h7-9,12-13H,3-6,10,16H2,1-2H3/t12-/m1/s1. The summed E-state index contributed by atoms with van der Waals surface area (Å²) < 4.78 is 5.96. The highest BCUT2D eigenvalue weighted by Crippen LogP contribution is 2.29. The van der Waals surface area contributed by atoms with Crippen LogP contribution < -0.4 is 10.5 Å². The molecular weight excluding hydrogens is 210 g/mol. The second kappa shape index (κ2) is 5.54. The van der Waals surface area contributed by atoms with Gasteiger partial charge in [-0.05, 0) is 38.7 Å². The molecule has 94 valence electrons. The Bertz CT molecular complexity index is 367. The number of benzene rings is 1. The van der Waals surface area contributed by atoms with Crippen molar-refractivity contribution in [3.8, 4) is 5.75 Å². The molecule has 2 nitrogen and oxygen atoms in total. The van der Waals surface area contributed by atoms with E-state index in [9.17, 15) is 0 Å². The van der Waals surface area contributed by atoms with Gasteiger partial charge in [-0.15, -0.1) is 0 Å². The summed E-state index contributed by atoms with van der Waals surface area (Å²) in [5, 5.41) is 0. The van der Waals surface area contributed by atoms with Crippen molar-refractivity contribution < 1.29 is 4.74 Å². The maximum Gasteiger partial charge on any atom is 0.124 e. The molecule has 0 heterocycles. The summed E-state index contributed by atoms with van der Waals surface area (Å²) >= 11 is 0. The van der Waals surface area contributed by atoms with E-state index in [1.54, 1.807) is 0 Å². The number of hydrogen-bond acceptors (Lipinski definition) is 2. The number of nitrogens with two attached hydrogens (primary N) is 1. The van der Waals surface area contributed by atoms with Gasteiger partial charge in [0.05, 0.1) is 6.61 Å². The van der Waals surface area contributed by atoms with E-state index in [0.717, 1.165) is 23.8 Å². The van der Waals surface area contributed by atoms with Gasteiger partial charge in [-0.1, -0.05) is 30.5 Å². The summed E-state index contributed by atoms with van der Waals surface area (Å²) in [6.07, 6.45) is 5.36. The van der Waals surface area contributed by atoms with E-state index in [2.05, 4.69) is 25.1 Å². The maximum atomic E-state index is 5.99. The lowest BCUT2D eigenvalue weighted by atomic mass is 10.0. The van der Waals surface area contributed by atoms with Crippen LogP contribution in [0.3, 0.4) is 0 Å². The van der Waals surface area contributed by atoms with E-state index in [4.69, 9.17) is 10.5 Å². The van der Waals surface area contributed by atoms with Gasteiger partial charge < -0.3 is 10.5 Å². The lowest BCUT2D eigenvalue weighted by Gasteiger charge is -2.17. The van der Waals surface area contributed by atoms with E-state index in [1.807, 2.05) is 6.92 Å². The smallest absolute Gasteiger partial charge is 0.124 e.